The van der Waals surface area contributed by atoms with Crippen LogP contribution in [0.1, 0.15) is 6.42 Å². The quantitative estimate of drug-likeness (QED) is 0.611. The Morgan fingerprint density at radius 1 is 1.50 bits per heavy atom. The standard InChI is InChI=1S/C10H18N4/c1-2-7-14(8-3-1)9-6-13-10-11-4-5-12-10/h1-2H,3-9H2,(H2,11,12,13). The molecule has 4 heteroatoms. The summed E-state index contributed by atoms with van der Waals surface area (Å²) >= 11 is 0. The predicted molar refractivity (Wildman–Crippen MR) is 58.5 cm³/mol. The molecule has 0 radical (unpaired) electrons. The Morgan fingerprint density at radius 2 is 2.50 bits per heavy atom. The van der Waals surface area contributed by atoms with Gasteiger partial charge in [0.2, 0.25) is 0 Å². The molecule has 0 unspecified atom stereocenters. The van der Waals surface area contributed by atoms with Crippen LogP contribution in [0.3, 0.4) is 0 Å². The number of rotatable bonds is 3. The maximum absolute atomic E-state index is 4.28. The molecule has 0 aliphatic carbocycles. The van der Waals surface area contributed by atoms with E-state index in [0.29, 0.717) is 0 Å². The molecule has 2 aliphatic rings. The van der Waals surface area contributed by atoms with Crippen molar-refractivity contribution in [1.82, 2.24) is 15.5 Å². The van der Waals surface area contributed by atoms with Crippen molar-refractivity contribution in [2.45, 2.75) is 6.42 Å². The normalized spacial score (nSPS) is 21.9. The molecule has 2 aliphatic heterocycles. The van der Waals surface area contributed by atoms with Crippen molar-refractivity contribution < 1.29 is 0 Å². The second-order valence-corrected chi connectivity index (χ2v) is 3.64. The van der Waals surface area contributed by atoms with E-state index < -0.39 is 0 Å². The highest BCUT2D eigenvalue weighted by atomic mass is 15.2. The van der Waals surface area contributed by atoms with Gasteiger partial charge in [0.25, 0.3) is 0 Å². The minimum atomic E-state index is 0.911. The Kier molecular flexibility index (Phi) is 3.40. The lowest BCUT2D eigenvalue weighted by Gasteiger charge is -2.23. The molecule has 0 saturated carbocycles. The van der Waals surface area contributed by atoms with Crippen LogP contribution < -0.4 is 10.6 Å². The Balaban J connectivity index is 1.60. The van der Waals surface area contributed by atoms with Gasteiger partial charge in [-0.1, -0.05) is 12.2 Å². The van der Waals surface area contributed by atoms with E-state index in [4.69, 9.17) is 0 Å². The zero-order valence-corrected chi connectivity index (χ0v) is 8.50. The zero-order chi connectivity index (χ0) is 9.64. The van der Waals surface area contributed by atoms with Crippen LogP contribution in [0.25, 0.3) is 0 Å². The number of guanidine groups is 1. The molecule has 78 valence electrons. The average molecular weight is 194 g/mol. The highest BCUT2D eigenvalue weighted by molar-refractivity contribution is 5.81. The van der Waals surface area contributed by atoms with Crippen LogP contribution in [0.5, 0.6) is 0 Å². The van der Waals surface area contributed by atoms with E-state index >= 15 is 0 Å². The van der Waals surface area contributed by atoms with Crippen LogP contribution in [0.15, 0.2) is 17.1 Å². The van der Waals surface area contributed by atoms with Gasteiger partial charge in [0, 0.05) is 32.7 Å². The van der Waals surface area contributed by atoms with Crippen LogP contribution >= 0.6 is 0 Å². The summed E-state index contributed by atoms with van der Waals surface area (Å²) in [5.74, 6) is 0.970. The van der Waals surface area contributed by atoms with Crippen molar-refractivity contribution in [1.29, 1.82) is 0 Å². The lowest BCUT2D eigenvalue weighted by molar-refractivity contribution is 0.303. The first-order valence-electron chi connectivity index (χ1n) is 5.35. The van der Waals surface area contributed by atoms with Gasteiger partial charge in [-0.2, -0.15) is 0 Å². The first kappa shape index (κ1) is 9.52. The van der Waals surface area contributed by atoms with E-state index in [2.05, 4.69) is 32.7 Å². The number of hydrogen-bond donors (Lipinski definition) is 2. The highest BCUT2D eigenvalue weighted by Crippen LogP contribution is 1.99. The minimum Gasteiger partial charge on any atom is -0.355 e. The van der Waals surface area contributed by atoms with Gasteiger partial charge in [0.15, 0.2) is 5.96 Å². The molecule has 0 saturated heterocycles. The van der Waals surface area contributed by atoms with Gasteiger partial charge in [-0.15, -0.1) is 0 Å². The lowest BCUT2D eigenvalue weighted by atomic mass is 10.2. The molecule has 2 heterocycles. The monoisotopic (exact) mass is 194 g/mol. The van der Waals surface area contributed by atoms with Crippen molar-refractivity contribution in [2.24, 2.45) is 4.99 Å². The van der Waals surface area contributed by atoms with Gasteiger partial charge in [-0.05, 0) is 6.42 Å². The molecule has 0 bridgehead atoms. The van der Waals surface area contributed by atoms with Crippen molar-refractivity contribution in [2.75, 3.05) is 39.3 Å². The third-order valence-electron chi connectivity index (χ3n) is 2.54. The summed E-state index contributed by atoms with van der Waals surface area (Å²) < 4.78 is 0. The first-order valence-corrected chi connectivity index (χ1v) is 5.35. The van der Waals surface area contributed by atoms with Gasteiger partial charge in [-0.3, -0.25) is 9.89 Å². The first-order chi connectivity index (χ1) is 6.95. The SMILES string of the molecule is C1=CCN(CCNC2=NCCN2)CC1. The molecule has 0 spiro atoms. The van der Waals surface area contributed by atoms with Crippen molar-refractivity contribution in [3.05, 3.63) is 12.2 Å². The summed E-state index contributed by atoms with van der Waals surface area (Å²) in [4.78, 5) is 6.73. The molecule has 2 rings (SSSR count). The molecule has 0 aromatic rings. The van der Waals surface area contributed by atoms with Crippen molar-refractivity contribution in [3.8, 4) is 0 Å². The summed E-state index contributed by atoms with van der Waals surface area (Å²) in [5, 5.41) is 6.50. The van der Waals surface area contributed by atoms with Crippen LogP contribution in [0.2, 0.25) is 0 Å². The summed E-state index contributed by atoms with van der Waals surface area (Å²) in [7, 11) is 0. The molecular weight excluding hydrogens is 176 g/mol. The summed E-state index contributed by atoms with van der Waals surface area (Å²) in [6, 6.07) is 0. The molecule has 0 amide bonds. The Hall–Kier alpha value is -1.03. The molecule has 0 aromatic carbocycles. The largest absolute Gasteiger partial charge is 0.355 e. The average Bonchev–Trinajstić information content (AvgIpc) is 2.72. The second kappa shape index (κ2) is 5.00. The number of aliphatic imine (C=N–C) groups is 1. The molecule has 2 N–H and O–H groups in total. The topological polar surface area (TPSA) is 39.7 Å². The Morgan fingerprint density at radius 3 is 3.21 bits per heavy atom. The van der Waals surface area contributed by atoms with Gasteiger partial charge >= 0.3 is 0 Å². The fraction of sp³-hybridized carbons (Fsp3) is 0.700. The number of nitrogens with zero attached hydrogens (tertiary/aromatic N) is 2. The van der Waals surface area contributed by atoms with E-state index in [1.165, 1.54) is 13.0 Å². The van der Waals surface area contributed by atoms with Crippen LogP contribution in [-0.4, -0.2) is 50.1 Å². The van der Waals surface area contributed by atoms with Gasteiger partial charge < -0.3 is 10.6 Å². The molecule has 0 atom stereocenters. The number of nitrogens with one attached hydrogen (secondary N) is 2. The Bertz CT molecular complexity index is 234. The van der Waals surface area contributed by atoms with E-state index in [9.17, 15) is 0 Å². The Labute approximate surface area is 85.1 Å². The summed E-state index contributed by atoms with van der Waals surface area (Å²) in [6.07, 6.45) is 5.70. The smallest absolute Gasteiger partial charge is 0.191 e. The van der Waals surface area contributed by atoms with E-state index in [1.807, 2.05) is 0 Å². The highest BCUT2D eigenvalue weighted by Gasteiger charge is 2.07. The summed E-state index contributed by atoms with van der Waals surface area (Å²) in [5.41, 5.74) is 0. The van der Waals surface area contributed by atoms with E-state index in [1.54, 1.807) is 0 Å². The van der Waals surface area contributed by atoms with E-state index in [-0.39, 0.29) is 0 Å². The second-order valence-electron chi connectivity index (χ2n) is 3.64. The van der Waals surface area contributed by atoms with Crippen LogP contribution in [0.4, 0.5) is 0 Å². The fourth-order valence-electron chi connectivity index (χ4n) is 1.74. The maximum Gasteiger partial charge on any atom is 0.191 e. The molecule has 0 aromatic heterocycles. The van der Waals surface area contributed by atoms with E-state index in [0.717, 1.165) is 38.7 Å². The van der Waals surface area contributed by atoms with Crippen LogP contribution in [-0.2, 0) is 0 Å². The molecular formula is C10H18N4. The molecule has 14 heavy (non-hydrogen) atoms. The van der Waals surface area contributed by atoms with Crippen LogP contribution in [0, 0.1) is 0 Å². The third-order valence-corrected chi connectivity index (χ3v) is 2.54. The lowest BCUT2D eigenvalue weighted by Crippen LogP contribution is -2.40. The fourth-order valence-corrected chi connectivity index (χ4v) is 1.74. The van der Waals surface area contributed by atoms with Crippen molar-refractivity contribution >= 4 is 5.96 Å². The summed E-state index contributed by atoms with van der Waals surface area (Å²) in [6.45, 7) is 6.27. The van der Waals surface area contributed by atoms with Crippen molar-refractivity contribution in [3.63, 3.8) is 0 Å². The van der Waals surface area contributed by atoms with Gasteiger partial charge in [0.1, 0.15) is 0 Å². The predicted octanol–water partition coefficient (Wildman–Crippen LogP) is -0.203. The van der Waals surface area contributed by atoms with Gasteiger partial charge in [0.05, 0.1) is 6.54 Å². The molecule has 4 nitrogen and oxygen atoms in total. The van der Waals surface area contributed by atoms with Gasteiger partial charge in [-0.25, -0.2) is 0 Å². The zero-order valence-electron chi connectivity index (χ0n) is 8.50. The maximum atomic E-state index is 4.28. The molecule has 0 fully saturated rings. The number of hydrogen-bond acceptors (Lipinski definition) is 4. The minimum absolute atomic E-state index is 0.911. The third kappa shape index (κ3) is 2.73.